The Hall–Kier alpha value is -0.840. The molecule has 2 aliphatic heterocycles. The largest absolute Gasteiger partial charge is 0.392 e. The maximum atomic E-state index is 9.31. The number of nitrogens with zero attached hydrogens (tertiary/aromatic N) is 3. The molecule has 0 radical (unpaired) electrons. The van der Waals surface area contributed by atoms with E-state index in [9.17, 15) is 5.11 Å². The first kappa shape index (κ1) is 13.2. The van der Waals surface area contributed by atoms with Gasteiger partial charge in [-0.15, -0.1) is 0 Å². The first-order valence-corrected chi connectivity index (χ1v) is 7.40. The zero-order chi connectivity index (χ0) is 13.2. The third-order valence-corrected chi connectivity index (χ3v) is 4.56. The average molecular weight is 282 g/mol. The van der Waals surface area contributed by atoms with Crippen molar-refractivity contribution in [2.45, 2.75) is 31.9 Å². The standard InChI is InChI=1S/C14H20ClN3O/c15-13-8-16-14(7-11(13)10-19)18-6-2-5-17-4-1-3-12(17)9-18/h7-8,12,19H,1-6,9-10H2. The van der Waals surface area contributed by atoms with Crippen molar-refractivity contribution in [3.8, 4) is 0 Å². The fourth-order valence-electron chi connectivity index (χ4n) is 3.18. The smallest absolute Gasteiger partial charge is 0.128 e. The topological polar surface area (TPSA) is 39.6 Å². The molecule has 1 unspecified atom stereocenters. The highest BCUT2D eigenvalue weighted by atomic mass is 35.5. The molecule has 0 saturated carbocycles. The van der Waals surface area contributed by atoms with Crippen LogP contribution in [0.3, 0.4) is 0 Å². The molecule has 3 rings (SSSR count). The van der Waals surface area contributed by atoms with E-state index in [2.05, 4.69) is 14.8 Å². The zero-order valence-corrected chi connectivity index (χ0v) is 11.8. The monoisotopic (exact) mass is 281 g/mol. The zero-order valence-electron chi connectivity index (χ0n) is 11.1. The van der Waals surface area contributed by atoms with Crippen molar-refractivity contribution < 1.29 is 5.11 Å². The van der Waals surface area contributed by atoms with Gasteiger partial charge in [0.1, 0.15) is 5.82 Å². The maximum Gasteiger partial charge on any atom is 0.128 e. The summed E-state index contributed by atoms with van der Waals surface area (Å²) in [4.78, 5) is 9.37. The van der Waals surface area contributed by atoms with Gasteiger partial charge in [0.25, 0.3) is 0 Å². The number of rotatable bonds is 2. The van der Waals surface area contributed by atoms with Gasteiger partial charge >= 0.3 is 0 Å². The molecular formula is C14H20ClN3O. The molecule has 2 fully saturated rings. The van der Waals surface area contributed by atoms with Gasteiger partial charge in [0.05, 0.1) is 11.6 Å². The van der Waals surface area contributed by atoms with Crippen molar-refractivity contribution in [1.29, 1.82) is 0 Å². The van der Waals surface area contributed by atoms with Crippen molar-refractivity contribution in [3.63, 3.8) is 0 Å². The summed E-state index contributed by atoms with van der Waals surface area (Å²) in [6.45, 7) is 4.49. The third kappa shape index (κ3) is 2.71. The third-order valence-electron chi connectivity index (χ3n) is 4.22. The minimum Gasteiger partial charge on any atom is -0.392 e. The van der Waals surface area contributed by atoms with Crippen LogP contribution in [-0.2, 0) is 6.61 Å². The van der Waals surface area contributed by atoms with Crippen LogP contribution in [0, 0.1) is 0 Å². The van der Waals surface area contributed by atoms with Gasteiger partial charge in [0.15, 0.2) is 0 Å². The number of aliphatic hydroxyl groups is 1. The number of hydrogen-bond donors (Lipinski definition) is 1. The Morgan fingerprint density at radius 3 is 3.00 bits per heavy atom. The Kier molecular flexibility index (Phi) is 3.91. The van der Waals surface area contributed by atoms with E-state index in [-0.39, 0.29) is 6.61 Å². The van der Waals surface area contributed by atoms with Crippen LogP contribution in [0.25, 0.3) is 0 Å². The van der Waals surface area contributed by atoms with Crippen molar-refractivity contribution >= 4 is 17.4 Å². The fourth-order valence-corrected chi connectivity index (χ4v) is 3.34. The predicted molar refractivity (Wildman–Crippen MR) is 76.6 cm³/mol. The second-order valence-corrected chi connectivity index (χ2v) is 5.83. The van der Waals surface area contributed by atoms with Gasteiger partial charge in [-0.3, -0.25) is 4.90 Å². The van der Waals surface area contributed by atoms with Crippen molar-refractivity contribution in [2.24, 2.45) is 0 Å². The van der Waals surface area contributed by atoms with E-state index in [1.54, 1.807) is 6.20 Å². The lowest BCUT2D eigenvalue weighted by molar-refractivity contribution is 0.273. The minimum atomic E-state index is -0.0300. The molecule has 4 nitrogen and oxygen atoms in total. The quantitative estimate of drug-likeness (QED) is 0.899. The number of anilines is 1. The van der Waals surface area contributed by atoms with E-state index in [1.807, 2.05) is 6.07 Å². The molecule has 1 aromatic rings. The predicted octanol–water partition coefficient (Wildman–Crippen LogP) is 1.90. The summed E-state index contributed by atoms with van der Waals surface area (Å²) in [5.41, 5.74) is 0.763. The van der Waals surface area contributed by atoms with Crippen LogP contribution in [0.5, 0.6) is 0 Å². The number of fused-ring (bicyclic) bond motifs is 1. The van der Waals surface area contributed by atoms with Crippen LogP contribution >= 0.6 is 11.6 Å². The van der Waals surface area contributed by atoms with Crippen LogP contribution < -0.4 is 4.90 Å². The highest BCUT2D eigenvalue weighted by Crippen LogP contribution is 2.26. The molecule has 2 aliphatic rings. The molecule has 2 saturated heterocycles. The number of aromatic nitrogens is 1. The molecule has 104 valence electrons. The van der Waals surface area contributed by atoms with E-state index in [0.717, 1.165) is 24.5 Å². The molecule has 0 aromatic carbocycles. The van der Waals surface area contributed by atoms with Crippen LogP contribution in [0.2, 0.25) is 5.02 Å². The summed E-state index contributed by atoms with van der Waals surface area (Å²) < 4.78 is 0. The molecule has 0 amide bonds. The maximum absolute atomic E-state index is 9.31. The van der Waals surface area contributed by atoms with Crippen molar-refractivity contribution in [2.75, 3.05) is 31.1 Å². The van der Waals surface area contributed by atoms with E-state index in [1.165, 1.54) is 32.4 Å². The average Bonchev–Trinajstić information content (AvgIpc) is 2.77. The van der Waals surface area contributed by atoms with Gasteiger partial charge in [-0.05, 0) is 31.9 Å². The fraction of sp³-hybridized carbons (Fsp3) is 0.643. The SMILES string of the molecule is OCc1cc(N2CCCN3CCCC3C2)ncc1Cl. The van der Waals surface area contributed by atoms with Gasteiger partial charge in [0.2, 0.25) is 0 Å². The van der Waals surface area contributed by atoms with Crippen LogP contribution in [-0.4, -0.2) is 47.2 Å². The highest BCUT2D eigenvalue weighted by molar-refractivity contribution is 6.31. The summed E-state index contributed by atoms with van der Waals surface area (Å²) in [6, 6.07) is 2.59. The molecule has 0 spiro atoms. The van der Waals surface area contributed by atoms with Crippen LogP contribution in [0.4, 0.5) is 5.82 Å². The Balaban J connectivity index is 1.80. The Labute approximate surface area is 119 Å². The number of pyridine rings is 1. The summed E-state index contributed by atoms with van der Waals surface area (Å²) in [6.07, 6.45) is 5.43. The molecular weight excluding hydrogens is 262 g/mol. The van der Waals surface area contributed by atoms with Crippen molar-refractivity contribution in [1.82, 2.24) is 9.88 Å². The molecule has 0 aliphatic carbocycles. The minimum absolute atomic E-state index is 0.0300. The van der Waals surface area contributed by atoms with E-state index in [0.29, 0.717) is 11.1 Å². The molecule has 1 aromatic heterocycles. The Morgan fingerprint density at radius 2 is 2.16 bits per heavy atom. The lowest BCUT2D eigenvalue weighted by Gasteiger charge is -2.26. The normalized spacial score (nSPS) is 24.3. The number of halogens is 1. The molecule has 1 N–H and O–H groups in total. The van der Waals surface area contributed by atoms with E-state index in [4.69, 9.17) is 11.6 Å². The molecule has 5 heteroatoms. The van der Waals surface area contributed by atoms with Crippen LogP contribution in [0.1, 0.15) is 24.8 Å². The van der Waals surface area contributed by atoms with Crippen molar-refractivity contribution in [3.05, 3.63) is 22.8 Å². The summed E-state index contributed by atoms with van der Waals surface area (Å²) >= 11 is 6.01. The van der Waals surface area contributed by atoms with E-state index < -0.39 is 0 Å². The molecule has 3 heterocycles. The summed E-state index contributed by atoms with van der Waals surface area (Å²) in [5.74, 6) is 0.946. The van der Waals surface area contributed by atoms with Gasteiger partial charge < -0.3 is 10.0 Å². The first-order chi connectivity index (χ1) is 9.28. The summed E-state index contributed by atoms with van der Waals surface area (Å²) in [5, 5.41) is 9.85. The van der Waals surface area contributed by atoms with Crippen LogP contribution in [0.15, 0.2) is 12.3 Å². The highest BCUT2D eigenvalue weighted by Gasteiger charge is 2.29. The van der Waals surface area contributed by atoms with Gasteiger partial charge in [-0.2, -0.15) is 0 Å². The molecule has 1 atom stereocenters. The van der Waals surface area contributed by atoms with Gasteiger partial charge in [-0.1, -0.05) is 11.6 Å². The lowest BCUT2D eigenvalue weighted by Crippen LogP contribution is -2.37. The van der Waals surface area contributed by atoms with E-state index >= 15 is 0 Å². The molecule has 19 heavy (non-hydrogen) atoms. The van der Waals surface area contributed by atoms with Gasteiger partial charge in [0, 0.05) is 37.4 Å². The second kappa shape index (κ2) is 5.65. The Bertz CT molecular complexity index is 454. The van der Waals surface area contributed by atoms with Gasteiger partial charge in [-0.25, -0.2) is 4.98 Å². The molecule has 0 bridgehead atoms. The second-order valence-electron chi connectivity index (χ2n) is 5.42. The summed E-state index contributed by atoms with van der Waals surface area (Å²) in [7, 11) is 0. The Morgan fingerprint density at radius 1 is 1.32 bits per heavy atom. The number of aliphatic hydroxyl groups excluding tert-OH is 1. The number of hydrogen-bond acceptors (Lipinski definition) is 4. The first-order valence-electron chi connectivity index (χ1n) is 7.02. The lowest BCUT2D eigenvalue weighted by atomic mass is 10.2.